The standard InChI is InChI=1S/C79H150/c1-34-71-41-75-76-40-39-73-72(35-2)64(27)56(19)46(9)44(7)49(12)57(20)65(28)77(36-3,74(73)42-76)66(29)58(21)51(14)47(10)53(16)61(24)69(32)79(76,38-5)70(33)62(25)54(17)48(11)52(15)60(23)68(31)78(75,37-4)67(30)59(22)50(13)43(6)45(8)55(18)63(71)26/h43-75H,34-42H2,1-33H3. The molecule has 0 radical (unpaired) electrons. The van der Waals surface area contributed by atoms with Crippen LogP contribution >= 0.6 is 0 Å². The third kappa shape index (κ3) is 10.9. The molecule has 0 aliphatic heterocycles. The molecule has 0 N–H and O–H groups in total. The van der Waals surface area contributed by atoms with Crippen LogP contribution in [0.15, 0.2) is 0 Å². The highest BCUT2D eigenvalue weighted by molar-refractivity contribution is 5.19. The van der Waals surface area contributed by atoms with Crippen molar-refractivity contribution in [2.75, 3.05) is 0 Å². The van der Waals surface area contributed by atoms with Gasteiger partial charge in [-0.3, -0.25) is 0 Å². The molecule has 466 valence electrons. The molecule has 5 rings (SSSR count). The molecule has 0 nitrogen and oxygen atoms in total. The van der Waals surface area contributed by atoms with E-state index in [0.29, 0.717) is 154 Å². The maximum atomic E-state index is 2.98. The second-order valence-corrected chi connectivity index (χ2v) is 34.2. The third-order valence-corrected chi connectivity index (χ3v) is 34.9. The van der Waals surface area contributed by atoms with Gasteiger partial charge in [-0.05, 0) is 262 Å². The summed E-state index contributed by atoms with van der Waals surface area (Å²) in [6.45, 7) is 92.8. The van der Waals surface area contributed by atoms with Crippen LogP contribution in [0.5, 0.6) is 0 Å². The second-order valence-electron chi connectivity index (χ2n) is 34.2. The number of hydrogen-bond acceptors (Lipinski definition) is 0. The Balaban J connectivity index is 2.25. The lowest BCUT2D eigenvalue weighted by Gasteiger charge is -2.73. The van der Waals surface area contributed by atoms with Crippen LogP contribution in [0.4, 0.5) is 0 Å². The Labute approximate surface area is 500 Å². The van der Waals surface area contributed by atoms with Crippen molar-refractivity contribution < 1.29 is 0 Å². The van der Waals surface area contributed by atoms with E-state index in [0.717, 1.165) is 41.4 Å². The van der Waals surface area contributed by atoms with Crippen molar-refractivity contribution >= 4 is 0 Å². The zero-order chi connectivity index (χ0) is 60.4. The molecular formula is C79H150. The summed E-state index contributed by atoms with van der Waals surface area (Å²) in [6, 6.07) is 0. The molecule has 0 heterocycles. The van der Waals surface area contributed by atoms with Gasteiger partial charge in [0.05, 0.1) is 0 Å². The van der Waals surface area contributed by atoms with Crippen molar-refractivity contribution in [3.05, 3.63) is 0 Å². The fraction of sp³-hybridized carbons (Fsp3) is 1.00. The summed E-state index contributed by atoms with van der Waals surface area (Å²) in [5.41, 5.74) is 0.747. The Kier molecular flexibility index (Phi) is 23.4. The van der Waals surface area contributed by atoms with Gasteiger partial charge in [-0.15, -0.1) is 0 Å². The highest BCUT2D eigenvalue weighted by Gasteiger charge is 2.71. The zero-order valence-corrected chi connectivity index (χ0v) is 60.4. The van der Waals surface area contributed by atoms with Crippen LogP contribution in [0.25, 0.3) is 0 Å². The maximum Gasteiger partial charge on any atom is -0.0184 e. The number of fused-ring (bicyclic) bond motifs is 1. The molecule has 0 saturated heterocycles. The molecule has 0 heteroatoms. The monoisotopic (exact) mass is 1100 g/mol. The van der Waals surface area contributed by atoms with Crippen molar-refractivity contribution in [2.24, 2.45) is 217 Å². The molecule has 0 aromatic rings. The molecule has 2 bridgehead atoms. The summed E-state index contributed by atoms with van der Waals surface area (Å²) in [7, 11) is 0. The van der Waals surface area contributed by atoms with E-state index in [-0.39, 0.29) is 21.7 Å². The fourth-order valence-corrected chi connectivity index (χ4v) is 25.9. The lowest BCUT2D eigenvalue weighted by atomic mass is 9.32. The van der Waals surface area contributed by atoms with E-state index in [2.05, 4.69) is 228 Å². The lowest BCUT2D eigenvalue weighted by Crippen LogP contribution is -2.67. The van der Waals surface area contributed by atoms with Gasteiger partial charge in [-0.25, -0.2) is 0 Å². The molecule has 5 fully saturated rings. The van der Waals surface area contributed by atoms with E-state index >= 15 is 0 Å². The van der Waals surface area contributed by atoms with Gasteiger partial charge in [-0.1, -0.05) is 241 Å². The first-order valence-corrected chi connectivity index (χ1v) is 36.6. The second kappa shape index (κ2) is 26.5. The van der Waals surface area contributed by atoms with Crippen LogP contribution in [0.3, 0.4) is 0 Å². The first kappa shape index (κ1) is 69.8. The van der Waals surface area contributed by atoms with Crippen LogP contribution in [0.1, 0.15) is 286 Å². The van der Waals surface area contributed by atoms with E-state index in [1.807, 2.05) is 0 Å². The van der Waals surface area contributed by atoms with Crippen molar-refractivity contribution in [1.29, 1.82) is 0 Å². The summed E-state index contributed by atoms with van der Waals surface area (Å²) in [4.78, 5) is 0. The Hall–Kier alpha value is 0. The van der Waals surface area contributed by atoms with Gasteiger partial charge in [-0.2, -0.15) is 0 Å². The third-order valence-electron chi connectivity index (χ3n) is 34.9. The minimum absolute atomic E-state index is 0.164. The molecule has 1 spiro atoms. The number of hydrogen-bond donors (Lipinski definition) is 0. The van der Waals surface area contributed by atoms with E-state index in [4.69, 9.17) is 0 Å². The van der Waals surface area contributed by atoms with Crippen LogP contribution in [0, 0.1) is 217 Å². The summed E-state index contributed by atoms with van der Waals surface area (Å²) in [5, 5.41) is 0. The van der Waals surface area contributed by atoms with Gasteiger partial charge in [0.2, 0.25) is 0 Å². The van der Waals surface area contributed by atoms with Crippen molar-refractivity contribution in [3.63, 3.8) is 0 Å². The molecule has 37 unspecified atom stereocenters. The van der Waals surface area contributed by atoms with Crippen molar-refractivity contribution in [1.82, 2.24) is 0 Å². The first-order chi connectivity index (χ1) is 36.6. The summed E-state index contributed by atoms with van der Waals surface area (Å²) in [6.07, 6.45) is 12.5. The number of rotatable bonds is 5. The lowest BCUT2D eigenvalue weighted by molar-refractivity contribution is -0.248. The van der Waals surface area contributed by atoms with Crippen LogP contribution in [-0.4, -0.2) is 0 Å². The predicted molar refractivity (Wildman–Crippen MR) is 354 cm³/mol. The predicted octanol–water partition coefficient (Wildman–Crippen LogP) is 24.5. The van der Waals surface area contributed by atoms with Gasteiger partial charge in [0.25, 0.3) is 0 Å². The quantitative estimate of drug-likeness (QED) is 0.257. The normalized spacial score (nSPS) is 58.1. The molecule has 5 aliphatic rings. The molecule has 0 aromatic carbocycles. The van der Waals surface area contributed by atoms with Gasteiger partial charge in [0.15, 0.2) is 0 Å². The van der Waals surface area contributed by atoms with E-state index < -0.39 is 0 Å². The molecule has 0 amide bonds. The van der Waals surface area contributed by atoms with Gasteiger partial charge >= 0.3 is 0 Å². The molecule has 37 atom stereocenters. The molecular weight excluding hydrogens is 949 g/mol. The van der Waals surface area contributed by atoms with Crippen molar-refractivity contribution in [3.8, 4) is 0 Å². The van der Waals surface area contributed by atoms with Crippen LogP contribution < -0.4 is 0 Å². The van der Waals surface area contributed by atoms with Crippen LogP contribution in [0.2, 0.25) is 0 Å². The molecule has 5 saturated carbocycles. The smallest absolute Gasteiger partial charge is 0.0184 e. The fourth-order valence-electron chi connectivity index (χ4n) is 25.9. The Morgan fingerprint density at radius 2 is 0.582 bits per heavy atom. The van der Waals surface area contributed by atoms with Crippen molar-refractivity contribution in [2.45, 2.75) is 286 Å². The van der Waals surface area contributed by atoms with Gasteiger partial charge in [0.1, 0.15) is 0 Å². The largest absolute Gasteiger partial charge is 0.0651 e. The topological polar surface area (TPSA) is 0 Å². The van der Waals surface area contributed by atoms with Crippen LogP contribution in [-0.2, 0) is 0 Å². The first-order valence-electron chi connectivity index (χ1n) is 36.6. The zero-order valence-electron chi connectivity index (χ0n) is 60.4. The van der Waals surface area contributed by atoms with Gasteiger partial charge in [0, 0.05) is 0 Å². The summed E-state index contributed by atoms with van der Waals surface area (Å²) < 4.78 is 0. The average molecular weight is 1100 g/mol. The summed E-state index contributed by atoms with van der Waals surface area (Å²) >= 11 is 0. The van der Waals surface area contributed by atoms with E-state index in [9.17, 15) is 0 Å². The maximum absolute atomic E-state index is 2.98. The minimum Gasteiger partial charge on any atom is -0.0651 e. The SMILES string of the molecule is CCC1CC2C(CC)(C(C)C(C)C(C)C(C)C(C)C(C)C1C)C(C)C(C)C(C)C(C)C(C)C(C)C(C)C1(CC)C(C)C(C)C(C)C(C)C(C)C(C)C(C)C3(CC)C(C)C(C)C(C)C(C)C(C)C(C)C(C)C(CC)C4CCC21CC43. The highest BCUT2D eigenvalue weighted by atomic mass is 14.8. The molecule has 79 heavy (non-hydrogen) atoms. The molecule has 0 aromatic heterocycles. The summed E-state index contributed by atoms with van der Waals surface area (Å²) in [5.74, 6) is 22.4. The Morgan fingerprint density at radius 3 is 0.886 bits per heavy atom. The highest BCUT2D eigenvalue weighted by Crippen LogP contribution is 2.77. The Morgan fingerprint density at radius 1 is 0.291 bits per heavy atom. The van der Waals surface area contributed by atoms with E-state index in [1.54, 1.807) is 0 Å². The minimum atomic E-state index is 0.164. The average Bonchev–Trinajstić information content (AvgIpc) is 3.33. The van der Waals surface area contributed by atoms with Gasteiger partial charge < -0.3 is 0 Å². The molecule has 5 aliphatic carbocycles. The van der Waals surface area contributed by atoms with E-state index in [1.165, 1.54) is 57.8 Å². The Bertz CT molecular complexity index is 1850.